The Balaban J connectivity index is 4.64. The molecule has 1 unspecified atom stereocenters. The van der Waals surface area contributed by atoms with Crippen molar-refractivity contribution in [3.05, 3.63) is 12.0 Å². The predicted octanol–water partition coefficient (Wildman–Crippen LogP) is -0.768. The standard InChI is InChI=1S/C9H17NO5/c1-6(12)4-8(13)10(2)7(5-11)9(14)15-3/h4,6-7,11-13H,5H2,1-3H3/t6?,7-/m0/s1. The van der Waals surface area contributed by atoms with E-state index in [1.165, 1.54) is 21.1 Å². The van der Waals surface area contributed by atoms with E-state index in [4.69, 9.17) is 10.2 Å². The van der Waals surface area contributed by atoms with Crippen molar-refractivity contribution in [2.45, 2.75) is 19.1 Å². The van der Waals surface area contributed by atoms with E-state index in [0.717, 1.165) is 11.0 Å². The van der Waals surface area contributed by atoms with Crippen molar-refractivity contribution in [1.29, 1.82) is 0 Å². The smallest absolute Gasteiger partial charge is 0.330 e. The van der Waals surface area contributed by atoms with Gasteiger partial charge in [-0.15, -0.1) is 0 Å². The first kappa shape index (κ1) is 13.7. The third-order valence-electron chi connectivity index (χ3n) is 1.87. The van der Waals surface area contributed by atoms with E-state index >= 15 is 0 Å². The van der Waals surface area contributed by atoms with Gasteiger partial charge in [0.25, 0.3) is 0 Å². The zero-order valence-electron chi connectivity index (χ0n) is 9.04. The fourth-order valence-electron chi connectivity index (χ4n) is 0.984. The lowest BCUT2D eigenvalue weighted by Crippen LogP contribution is -2.41. The summed E-state index contributed by atoms with van der Waals surface area (Å²) in [5, 5.41) is 27.4. The molecule has 0 spiro atoms. The normalized spacial score (nSPS) is 15.7. The maximum atomic E-state index is 11.1. The van der Waals surface area contributed by atoms with Crippen LogP contribution >= 0.6 is 0 Å². The molecule has 0 bridgehead atoms. The maximum absolute atomic E-state index is 11.1. The lowest BCUT2D eigenvalue weighted by atomic mass is 10.2. The van der Waals surface area contributed by atoms with Crippen LogP contribution in [0.2, 0.25) is 0 Å². The first-order valence-electron chi connectivity index (χ1n) is 4.44. The summed E-state index contributed by atoms with van der Waals surface area (Å²) < 4.78 is 4.44. The topological polar surface area (TPSA) is 90.2 Å². The number of esters is 1. The van der Waals surface area contributed by atoms with Crippen LogP contribution in [-0.4, -0.2) is 59.1 Å². The van der Waals surface area contributed by atoms with Crippen molar-refractivity contribution >= 4 is 5.97 Å². The van der Waals surface area contributed by atoms with Gasteiger partial charge in [-0.3, -0.25) is 0 Å². The Hall–Kier alpha value is -1.27. The number of aliphatic hydroxyl groups is 3. The number of carbonyl (C=O) groups is 1. The molecule has 0 radical (unpaired) electrons. The average molecular weight is 219 g/mol. The molecule has 2 atom stereocenters. The second-order valence-electron chi connectivity index (χ2n) is 3.10. The Bertz CT molecular complexity index is 239. The first-order valence-corrected chi connectivity index (χ1v) is 4.44. The summed E-state index contributed by atoms with van der Waals surface area (Å²) in [5.41, 5.74) is 0. The molecule has 0 aromatic rings. The van der Waals surface area contributed by atoms with Crippen LogP contribution in [0, 0.1) is 0 Å². The quantitative estimate of drug-likeness (QED) is 0.415. The summed E-state index contributed by atoms with van der Waals surface area (Å²) in [4.78, 5) is 12.3. The molecule has 0 aliphatic rings. The minimum Gasteiger partial charge on any atom is -0.495 e. The Morgan fingerprint density at radius 3 is 2.47 bits per heavy atom. The van der Waals surface area contributed by atoms with Crippen LogP contribution in [0.1, 0.15) is 6.92 Å². The Kier molecular flexibility index (Phi) is 5.73. The number of likely N-dealkylation sites (N-methyl/N-ethyl adjacent to an activating group) is 1. The number of hydrogen-bond acceptors (Lipinski definition) is 6. The summed E-state index contributed by atoms with van der Waals surface area (Å²) in [6, 6.07) is -0.981. The van der Waals surface area contributed by atoms with E-state index in [-0.39, 0.29) is 5.88 Å². The monoisotopic (exact) mass is 219 g/mol. The molecule has 88 valence electrons. The molecule has 6 heteroatoms. The Morgan fingerprint density at radius 2 is 2.13 bits per heavy atom. The van der Waals surface area contributed by atoms with Crippen molar-refractivity contribution in [1.82, 2.24) is 4.90 Å². The van der Waals surface area contributed by atoms with Crippen molar-refractivity contribution in [3.8, 4) is 0 Å². The molecule has 3 N–H and O–H groups in total. The SMILES string of the molecule is COC(=O)[C@H](CO)N(C)C(O)=CC(C)O. The molecule has 0 aromatic carbocycles. The molecular weight excluding hydrogens is 202 g/mol. The van der Waals surface area contributed by atoms with Crippen LogP contribution < -0.4 is 0 Å². The van der Waals surface area contributed by atoms with Gasteiger partial charge in [0.05, 0.1) is 19.8 Å². The van der Waals surface area contributed by atoms with Gasteiger partial charge >= 0.3 is 5.97 Å². The predicted molar refractivity (Wildman–Crippen MR) is 53.0 cm³/mol. The van der Waals surface area contributed by atoms with Crippen molar-refractivity contribution in [2.75, 3.05) is 20.8 Å². The molecular formula is C9H17NO5. The second kappa shape index (κ2) is 6.26. The third-order valence-corrected chi connectivity index (χ3v) is 1.87. The minimum atomic E-state index is -0.981. The molecule has 0 rings (SSSR count). The van der Waals surface area contributed by atoms with Crippen molar-refractivity contribution < 1.29 is 24.9 Å². The molecule has 0 heterocycles. The van der Waals surface area contributed by atoms with E-state index in [2.05, 4.69) is 4.74 Å². The third kappa shape index (κ3) is 4.18. The molecule has 0 aliphatic carbocycles. The van der Waals surface area contributed by atoms with Crippen molar-refractivity contribution in [3.63, 3.8) is 0 Å². The zero-order chi connectivity index (χ0) is 12.0. The van der Waals surface area contributed by atoms with E-state index in [9.17, 15) is 9.90 Å². The largest absolute Gasteiger partial charge is 0.495 e. The second-order valence-corrected chi connectivity index (χ2v) is 3.10. The number of ether oxygens (including phenoxy) is 1. The maximum Gasteiger partial charge on any atom is 0.330 e. The highest BCUT2D eigenvalue weighted by atomic mass is 16.5. The molecule has 0 aromatic heterocycles. The number of aliphatic hydroxyl groups excluding tert-OH is 3. The van der Waals surface area contributed by atoms with Crippen LogP contribution in [0.25, 0.3) is 0 Å². The highest BCUT2D eigenvalue weighted by molar-refractivity contribution is 5.76. The molecule has 0 fully saturated rings. The highest BCUT2D eigenvalue weighted by Gasteiger charge is 2.24. The van der Waals surface area contributed by atoms with Gasteiger partial charge < -0.3 is 25.0 Å². The summed E-state index contributed by atoms with van der Waals surface area (Å²) >= 11 is 0. The van der Waals surface area contributed by atoms with Crippen LogP contribution in [0.15, 0.2) is 12.0 Å². The number of carbonyl (C=O) groups excluding carboxylic acids is 1. The van der Waals surface area contributed by atoms with Gasteiger partial charge in [-0.2, -0.15) is 0 Å². The number of rotatable bonds is 5. The van der Waals surface area contributed by atoms with Gasteiger partial charge in [0, 0.05) is 13.1 Å². The molecule has 15 heavy (non-hydrogen) atoms. The Morgan fingerprint density at radius 1 is 1.60 bits per heavy atom. The summed E-state index contributed by atoms with van der Waals surface area (Å²) in [5.74, 6) is -0.958. The molecule has 6 nitrogen and oxygen atoms in total. The van der Waals surface area contributed by atoms with Gasteiger partial charge in [0.2, 0.25) is 0 Å². The number of hydrogen-bond donors (Lipinski definition) is 3. The lowest BCUT2D eigenvalue weighted by molar-refractivity contribution is -0.148. The van der Waals surface area contributed by atoms with Crippen LogP contribution in [0.4, 0.5) is 0 Å². The molecule has 0 aliphatic heterocycles. The lowest BCUT2D eigenvalue weighted by Gasteiger charge is -2.25. The molecule has 0 amide bonds. The van der Waals surface area contributed by atoms with Crippen LogP contribution in [0.5, 0.6) is 0 Å². The fourth-order valence-corrected chi connectivity index (χ4v) is 0.984. The van der Waals surface area contributed by atoms with E-state index < -0.39 is 24.7 Å². The Labute approximate surface area is 88.4 Å². The molecule has 0 saturated carbocycles. The minimum absolute atomic E-state index is 0.297. The fraction of sp³-hybridized carbons (Fsp3) is 0.667. The van der Waals surface area contributed by atoms with Gasteiger partial charge in [-0.05, 0) is 6.92 Å². The number of methoxy groups -OCH3 is 1. The van der Waals surface area contributed by atoms with Gasteiger partial charge in [-0.25, -0.2) is 4.79 Å². The average Bonchev–Trinajstić information content (AvgIpc) is 2.17. The van der Waals surface area contributed by atoms with Gasteiger partial charge in [0.1, 0.15) is 0 Å². The van der Waals surface area contributed by atoms with Crippen LogP contribution in [0.3, 0.4) is 0 Å². The van der Waals surface area contributed by atoms with Crippen molar-refractivity contribution in [2.24, 2.45) is 0 Å². The summed E-state index contributed by atoms with van der Waals surface area (Å²) in [6.07, 6.45) is 0.301. The zero-order valence-corrected chi connectivity index (χ0v) is 9.04. The van der Waals surface area contributed by atoms with E-state index in [0.29, 0.717) is 0 Å². The van der Waals surface area contributed by atoms with Gasteiger partial charge in [-0.1, -0.05) is 0 Å². The number of nitrogens with zero attached hydrogens (tertiary/aromatic N) is 1. The first-order chi connectivity index (χ1) is 6.93. The van der Waals surface area contributed by atoms with Gasteiger partial charge in [0.15, 0.2) is 11.9 Å². The molecule has 0 saturated heterocycles. The summed E-state index contributed by atoms with van der Waals surface area (Å²) in [6.45, 7) is 0.969. The summed E-state index contributed by atoms with van der Waals surface area (Å²) in [7, 11) is 2.60. The van der Waals surface area contributed by atoms with Crippen LogP contribution in [-0.2, 0) is 9.53 Å². The van der Waals surface area contributed by atoms with E-state index in [1.807, 2.05) is 0 Å². The highest BCUT2D eigenvalue weighted by Crippen LogP contribution is 2.06. The van der Waals surface area contributed by atoms with E-state index in [1.54, 1.807) is 0 Å².